The van der Waals surface area contributed by atoms with E-state index in [0.29, 0.717) is 11.4 Å². The Bertz CT molecular complexity index is 427. The highest BCUT2D eigenvalue weighted by atomic mass is 16.1. The third-order valence-corrected chi connectivity index (χ3v) is 2.67. The first-order chi connectivity index (χ1) is 8.34. The third kappa shape index (κ3) is 3.91. The van der Waals surface area contributed by atoms with Gasteiger partial charge in [-0.15, -0.1) is 0 Å². The second-order valence-corrected chi connectivity index (χ2v) is 5.29. The number of hydrogen-bond donors (Lipinski definition) is 2. The fourth-order valence-electron chi connectivity index (χ4n) is 1.59. The molecule has 0 fully saturated rings. The molecule has 0 bridgehead atoms. The lowest BCUT2D eigenvalue weighted by atomic mass is 9.87. The Morgan fingerprint density at radius 1 is 1.22 bits per heavy atom. The average molecular weight is 246 g/mol. The summed E-state index contributed by atoms with van der Waals surface area (Å²) in [6.45, 7) is 12.9. The van der Waals surface area contributed by atoms with Crippen LogP contribution in [0.15, 0.2) is 36.7 Å². The van der Waals surface area contributed by atoms with Crippen molar-refractivity contribution in [3.05, 3.63) is 47.8 Å². The molecule has 0 radical (unpaired) electrons. The van der Waals surface area contributed by atoms with E-state index in [2.05, 4.69) is 38.0 Å². The first-order valence-electron chi connectivity index (χ1n) is 6.19. The SMILES string of the molecule is C=C(NCC)NC(=O)c1ccc(C(C)(C)C)cc1. The molecule has 1 amide bonds. The van der Waals surface area contributed by atoms with Crippen LogP contribution in [0.1, 0.15) is 43.6 Å². The molecule has 2 N–H and O–H groups in total. The van der Waals surface area contributed by atoms with Crippen LogP contribution in [0.5, 0.6) is 0 Å². The van der Waals surface area contributed by atoms with E-state index in [0.717, 1.165) is 6.54 Å². The number of rotatable bonds is 4. The summed E-state index contributed by atoms with van der Waals surface area (Å²) in [5.41, 5.74) is 1.95. The molecule has 1 rings (SSSR count). The van der Waals surface area contributed by atoms with E-state index in [1.54, 1.807) is 0 Å². The second kappa shape index (κ2) is 5.71. The first kappa shape index (κ1) is 14.3. The summed E-state index contributed by atoms with van der Waals surface area (Å²) in [5, 5.41) is 5.67. The van der Waals surface area contributed by atoms with Gasteiger partial charge in [-0.2, -0.15) is 0 Å². The van der Waals surface area contributed by atoms with Crippen LogP contribution in [-0.4, -0.2) is 12.5 Å². The minimum absolute atomic E-state index is 0.0996. The Balaban J connectivity index is 2.74. The minimum Gasteiger partial charge on any atom is -0.372 e. The van der Waals surface area contributed by atoms with Gasteiger partial charge in [0.25, 0.3) is 5.91 Å². The topological polar surface area (TPSA) is 41.1 Å². The lowest BCUT2D eigenvalue weighted by molar-refractivity contribution is 0.0963. The predicted molar refractivity (Wildman–Crippen MR) is 75.4 cm³/mol. The fourth-order valence-corrected chi connectivity index (χ4v) is 1.59. The molecule has 18 heavy (non-hydrogen) atoms. The highest BCUT2D eigenvalue weighted by Gasteiger charge is 2.14. The molecule has 1 aromatic carbocycles. The van der Waals surface area contributed by atoms with Gasteiger partial charge in [0.2, 0.25) is 0 Å². The Labute approximate surface area is 109 Å². The zero-order chi connectivity index (χ0) is 13.8. The van der Waals surface area contributed by atoms with Crippen molar-refractivity contribution in [1.82, 2.24) is 10.6 Å². The molecule has 0 atom stereocenters. The van der Waals surface area contributed by atoms with Gasteiger partial charge in [-0.3, -0.25) is 4.79 Å². The number of nitrogens with one attached hydrogen (secondary N) is 2. The van der Waals surface area contributed by atoms with Gasteiger partial charge in [0.15, 0.2) is 0 Å². The van der Waals surface area contributed by atoms with Crippen LogP contribution < -0.4 is 10.6 Å². The van der Waals surface area contributed by atoms with E-state index in [1.165, 1.54) is 5.56 Å². The largest absolute Gasteiger partial charge is 0.372 e. The van der Waals surface area contributed by atoms with Crippen LogP contribution in [0.2, 0.25) is 0 Å². The molecule has 1 aromatic rings. The zero-order valence-electron chi connectivity index (χ0n) is 11.6. The summed E-state index contributed by atoms with van der Waals surface area (Å²) in [6, 6.07) is 7.67. The molecule has 0 saturated heterocycles. The van der Waals surface area contributed by atoms with Crippen LogP contribution in [0.4, 0.5) is 0 Å². The van der Waals surface area contributed by atoms with Gasteiger partial charge in [-0.1, -0.05) is 39.5 Å². The number of amides is 1. The molecular weight excluding hydrogens is 224 g/mol. The monoisotopic (exact) mass is 246 g/mol. The molecule has 0 spiro atoms. The van der Waals surface area contributed by atoms with E-state index >= 15 is 0 Å². The Morgan fingerprint density at radius 3 is 2.22 bits per heavy atom. The average Bonchev–Trinajstić information content (AvgIpc) is 2.28. The minimum atomic E-state index is -0.138. The predicted octanol–water partition coefficient (Wildman–Crippen LogP) is 2.79. The maximum atomic E-state index is 11.9. The van der Waals surface area contributed by atoms with Crippen molar-refractivity contribution in [1.29, 1.82) is 0 Å². The summed E-state index contributed by atoms with van der Waals surface area (Å²) in [7, 11) is 0. The van der Waals surface area contributed by atoms with E-state index in [9.17, 15) is 4.79 Å². The lowest BCUT2D eigenvalue weighted by Crippen LogP contribution is -2.30. The fraction of sp³-hybridized carbons (Fsp3) is 0.400. The van der Waals surface area contributed by atoms with Crippen LogP contribution in [0, 0.1) is 0 Å². The van der Waals surface area contributed by atoms with Crippen molar-refractivity contribution >= 4 is 5.91 Å². The van der Waals surface area contributed by atoms with Crippen LogP contribution in [0.25, 0.3) is 0 Å². The van der Waals surface area contributed by atoms with Crippen molar-refractivity contribution in [2.45, 2.75) is 33.1 Å². The van der Waals surface area contributed by atoms with E-state index < -0.39 is 0 Å². The number of benzene rings is 1. The van der Waals surface area contributed by atoms with E-state index in [1.807, 2.05) is 31.2 Å². The van der Waals surface area contributed by atoms with Gasteiger partial charge in [0, 0.05) is 12.1 Å². The Kier molecular flexibility index (Phi) is 4.54. The highest BCUT2D eigenvalue weighted by Crippen LogP contribution is 2.22. The molecule has 3 nitrogen and oxygen atoms in total. The van der Waals surface area contributed by atoms with Crippen LogP contribution in [0.3, 0.4) is 0 Å². The summed E-state index contributed by atoms with van der Waals surface area (Å²) in [4.78, 5) is 11.9. The number of carbonyl (C=O) groups is 1. The Morgan fingerprint density at radius 2 is 1.78 bits per heavy atom. The summed E-state index contributed by atoms with van der Waals surface area (Å²) in [6.07, 6.45) is 0. The van der Waals surface area contributed by atoms with Crippen molar-refractivity contribution in [2.75, 3.05) is 6.54 Å². The summed E-state index contributed by atoms with van der Waals surface area (Å²) < 4.78 is 0. The van der Waals surface area contributed by atoms with Crippen LogP contribution >= 0.6 is 0 Å². The van der Waals surface area contributed by atoms with Crippen LogP contribution in [-0.2, 0) is 5.41 Å². The standard InChI is InChI=1S/C15H22N2O/c1-6-16-11(2)17-14(18)12-7-9-13(10-8-12)15(3,4)5/h7-10,16H,2,6H2,1,3-5H3,(H,17,18). The van der Waals surface area contributed by atoms with Gasteiger partial charge < -0.3 is 10.6 Å². The van der Waals surface area contributed by atoms with Crippen molar-refractivity contribution in [2.24, 2.45) is 0 Å². The molecule has 0 aliphatic heterocycles. The van der Waals surface area contributed by atoms with Crippen molar-refractivity contribution in [3.63, 3.8) is 0 Å². The lowest BCUT2D eigenvalue weighted by Gasteiger charge is -2.19. The molecule has 0 aliphatic rings. The molecule has 0 aromatic heterocycles. The summed E-state index contributed by atoms with van der Waals surface area (Å²) in [5.74, 6) is 0.392. The Hall–Kier alpha value is -1.77. The van der Waals surface area contributed by atoms with E-state index in [-0.39, 0.29) is 11.3 Å². The highest BCUT2D eigenvalue weighted by molar-refractivity contribution is 5.95. The quantitative estimate of drug-likeness (QED) is 0.857. The zero-order valence-corrected chi connectivity index (χ0v) is 11.6. The molecule has 0 aliphatic carbocycles. The second-order valence-electron chi connectivity index (χ2n) is 5.29. The van der Waals surface area contributed by atoms with Gasteiger partial charge in [0.05, 0.1) is 5.82 Å². The smallest absolute Gasteiger partial charge is 0.256 e. The van der Waals surface area contributed by atoms with Gasteiger partial charge in [-0.05, 0) is 30.0 Å². The van der Waals surface area contributed by atoms with Crippen molar-refractivity contribution < 1.29 is 4.79 Å². The van der Waals surface area contributed by atoms with Crippen molar-refractivity contribution in [3.8, 4) is 0 Å². The molecule has 0 heterocycles. The maximum absolute atomic E-state index is 11.9. The normalized spacial score (nSPS) is 10.9. The number of carbonyl (C=O) groups excluding carboxylic acids is 1. The van der Waals surface area contributed by atoms with Gasteiger partial charge >= 0.3 is 0 Å². The van der Waals surface area contributed by atoms with Gasteiger partial charge in [0.1, 0.15) is 0 Å². The molecular formula is C15H22N2O. The molecule has 0 saturated carbocycles. The molecule has 3 heteroatoms. The maximum Gasteiger partial charge on any atom is 0.256 e. The molecule has 98 valence electrons. The first-order valence-corrected chi connectivity index (χ1v) is 6.19. The van der Waals surface area contributed by atoms with Gasteiger partial charge in [-0.25, -0.2) is 0 Å². The molecule has 0 unspecified atom stereocenters. The number of hydrogen-bond acceptors (Lipinski definition) is 2. The third-order valence-electron chi connectivity index (χ3n) is 2.67. The summed E-state index contributed by atoms with van der Waals surface area (Å²) >= 11 is 0. The van der Waals surface area contributed by atoms with E-state index in [4.69, 9.17) is 0 Å².